The smallest absolute Gasteiger partial charge is 0.252 e. The number of nitrogens with two attached hydrogens (primary N) is 1. The van der Waals surface area contributed by atoms with Gasteiger partial charge in [0.15, 0.2) is 0 Å². The van der Waals surface area contributed by atoms with Gasteiger partial charge in [0.25, 0.3) is 5.91 Å². The fourth-order valence-corrected chi connectivity index (χ4v) is 1.72. The molecule has 1 fully saturated rings. The summed E-state index contributed by atoms with van der Waals surface area (Å²) in [6.45, 7) is 3.54. The second-order valence-electron chi connectivity index (χ2n) is 3.48. The Bertz CT molecular complexity index is 369. The molecule has 1 aliphatic heterocycles. The molecule has 0 unspecified atom stereocenters. The molecule has 96 valence electrons. The Morgan fingerprint density at radius 3 is 2.59 bits per heavy atom. The van der Waals surface area contributed by atoms with E-state index in [1.807, 2.05) is 0 Å². The van der Waals surface area contributed by atoms with Crippen LogP contribution >= 0.6 is 24.8 Å². The summed E-state index contributed by atoms with van der Waals surface area (Å²) in [4.78, 5) is 17.5. The molecular weight excluding hydrogens is 263 g/mol. The summed E-state index contributed by atoms with van der Waals surface area (Å²) in [7, 11) is 0. The zero-order chi connectivity index (χ0) is 10.7. The Labute approximate surface area is 113 Å². The monoisotopic (exact) mass is 278 g/mol. The molecule has 3 N–H and O–H groups in total. The first kappa shape index (κ1) is 16.0. The van der Waals surface area contributed by atoms with Crippen molar-refractivity contribution in [3.8, 4) is 0 Å². The molecule has 0 aliphatic carbocycles. The molecule has 1 amide bonds. The lowest BCUT2D eigenvalue weighted by Gasteiger charge is -2.29. The molecule has 2 heterocycles. The summed E-state index contributed by atoms with van der Waals surface area (Å²) in [6, 6.07) is 3.44. The van der Waals surface area contributed by atoms with Crippen LogP contribution in [0.15, 0.2) is 18.3 Å². The van der Waals surface area contributed by atoms with Gasteiger partial charge in [0, 0.05) is 32.4 Å². The van der Waals surface area contributed by atoms with Gasteiger partial charge in [-0.1, -0.05) is 0 Å². The van der Waals surface area contributed by atoms with Gasteiger partial charge >= 0.3 is 0 Å². The van der Waals surface area contributed by atoms with Crippen molar-refractivity contribution in [3.05, 3.63) is 23.9 Å². The number of carbonyl (C=O) groups is 1. The van der Waals surface area contributed by atoms with Crippen LogP contribution in [0, 0.1) is 0 Å². The Morgan fingerprint density at radius 1 is 1.35 bits per heavy atom. The summed E-state index contributed by atoms with van der Waals surface area (Å²) in [5.41, 5.74) is 5.80. The zero-order valence-corrected chi connectivity index (χ0v) is 10.9. The van der Waals surface area contributed by atoms with Crippen LogP contribution in [0.2, 0.25) is 0 Å². The highest BCUT2D eigenvalue weighted by molar-refractivity contribution is 5.97. The van der Waals surface area contributed by atoms with Gasteiger partial charge in [-0.3, -0.25) is 4.79 Å². The van der Waals surface area contributed by atoms with Crippen LogP contribution in [0.5, 0.6) is 0 Å². The molecule has 7 heteroatoms. The minimum absolute atomic E-state index is 0. The topological polar surface area (TPSA) is 71.2 Å². The van der Waals surface area contributed by atoms with E-state index in [4.69, 9.17) is 5.73 Å². The SMILES string of the molecule is Cl.Cl.NC(=O)c1cccnc1N1CCNCC1. The zero-order valence-electron chi connectivity index (χ0n) is 9.26. The second kappa shape index (κ2) is 7.32. The number of halogens is 2. The molecule has 0 atom stereocenters. The van der Waals surface area contributed by atoms with Crippen LogP contribution in [-0.4, -0.2) is 37.1 Å². The summed E-state index contributed by atoms with van der Waals surface area (Å²) < 4.78 is 0. The van der Waals surface area contributed by atoms with E-state index in [0.29, 0.717) is 11.4 Å². The third-order valence-corrected chi connectivity index (χ3v) is 2.47. The number of rotatable bonds is 2. The Balaban J connectivity index is 0.00000128. The fourth-order valence-electron chi connectivity index (χ4n) is 1.72. The van der Waals surface area contributed by atoms with E-state index in [-0.39, 0.29) is 24.8 Å². The number of carbonyl (C=O) groups excluding carboxylic acids is 1. The standard InChI is InChI=1S/C10H14N4O.2ClH/c11-9(15)8-2-1-3-13-10(8)14-6-4-12-5-7-14;;/h1-3,12H,4-7H2,(H2,11,15);2*1H. The van der Waals surface area contributed by atoms with Crippen LogP contribution in [0.4, 0.5) is 5.82 Å². The predicted octanol–water partition coefficient (Wildman–Crippen LogP) is 0.434. The van der Waals surface area contributed by atoms with Gasteiger partial charge in [0.1, 0.15) is 5.82 Å². The van der Waals surface area contributed by atoms with Crippen LogP contribution in [-0.2, 0) is 0 Å². The number of nitrogens with zero attached hydrogens (tertiary/aromatic N) is 2. The molecule has 0 radical (unpaired) electrons. The van der Waals surface area contributed by atoms with E-state index in [1.54, 1.807) is 18.3 Å². The second-order valence-corrected chi connectivity index (χ2v) is 3.48. The molecule has 5 nitrogen and oxygen atoms in total. The Morgan fingerprint density at radius 2 is 2.00 bits per heavy atom. The van der Waals surface area contributed by atoms with Gasteiger partial charge in [-0.15, -0.1) is 24.8 Å². The first-order valence-electron chi connectivity index (χ1n) is 4.99. The van der Waals surface area contributed by atoms with Crippen molar-refractivity contribution in [1.29, 1.82) is 0 Å². The van der Waals surface area contributed by atoms with Crippen molar-refractivity contribution >= 4 is 36.5 Å². The van der Waals surface area contributed by atoms with E-state index in [2.05, 4.69) is 15.2 Å². The Kier molecular flexibility index (Phi) is 6.87. The van der Waals surface area contributed by atoms with Crippen molar-refractivity contribution < 1.29 is 4.79 Å². The van der Waals surface area contributed by atoms with Gasteiger partial charge in [-0.05, 0) is 12.1 Å². The lowest BCUT2D eigenvalue weighted by atomic mass is 10.2. The summed E-state index contributed by atoms with van der Waals surface area (Å²) >= 11 is 0. The highest BCUT2D eigenvalue weighted by Crippen LogP contribution is 2.16. The first-order chi connectivity index (χ1) is 7.29. The largest absolute Gasteiger partial charge is 0.365 e. The van der Waals surface area contributed by atoms with E-state index in [1.165, 1.54) is 0 Å². The third kappa shape index (κ3) is 3.73. The molecule has 1 aromatic rings. The maximum absolute atomic E-state index is 11.2. The average Bonchev–Trinajstić information content (AvgIpc) is 2.30. The van der Waals surface area contributed by atoms with Crippen molar-refractivity contribution in [3.63, 3.8) is 0 Å². The van der Waals surface area contributed by atoms with Crippen LogP contribution < -0.4 is 16.0 Å². The van der Waals surface area contributed by atoms with Crippen molar-refractivity contribution in [2.24, 2.45) is 5.73 Å². The lowest BCUT2D eigenvalue weighted by molar-refractivity contribution is 0.100. The molecule has 1 aromatic heterocycles. The number of anilines is 1. The number of pyridine rings is 1. The number of aromatic nitrogens is 1. The van der Waals surface area contributed by atoms with Crippen LogP contribution in [0.25, 0.3) is 0 Å². The van der Waals surface area contributed by atoms with Crippen molar-refractivity contribution in [2.45, 2.75) is 0 Å². The summed E-state index contributed by atoms with van der Waals surface area (Å²) in [5, 5.41) is 3.25. The quantitative estimate of drug-likeness (QED) is 0.823. The summed E-state index contributed by atoms with van der Waals surface area (Å²) in [6.07, 6.45) is 1.68. The highest BCUT2D eigenvalue weighted by Gasteiger charge is 2.17. The van der Waals surface area contributed by atoms with E-state index >= 15 is 0 Å². The third-order valence-electron chi connectivity index (χ3n) is 2.47. The number of hydrogen-bond acceptors (Lipinski definition) is 4. The molecule has 17 heavy (non-hydrogen) atoms. The molecular formula is C10H16Cl2N4O. The maximum atomic E-state index is 11.2. The Hall–Kier alpha value is -1.04. The van der Waals surface area contributed by atoms with Gasteiger partial charge in [-0.25, -0.2) is 4.98 Å². The van der Waals surface area contributed by atoms with Gasteiger partial charge in [0.2, 0.25) is 0 Å². The highest BCUT2D eigenvalue weighted by atomic mass is 35.5. The lowest BCUT2D eigenvalue weighted by Crippen LogP contribution is -2.44. The van der Waals surface area contributed by atoms with Crippen molar-refractivity contribution in [2.75, 3.05) is 31.1 Å². The predicted molar refractivity (Wildman–Crippen MR) is 72.3 cm³/mol. The number of amides is 1. The normalized spacial score (nSPS) is 14.5. The maximum Gasteiger partial charge on any atom is 0.252 e. The number of primary amides is 1. The van der Waals surface area contributed by atoms with E-state index in [0.717, 1.165) is 26.2 Å². The van der Waals surface area contributed by atoms with Crippen LogP contribution in [0.3, 0.4) is 0 Å². The van der Waals surface area contributed by atoms with Crippen LogP contribution in [0.1, 0.15) is 10.4 Å². The minimum atomic E-state index is -0.420. The number of piperazine rings is 1. The molecule has 0 bridgehead atoms. The number of nitrogens with one attached hydrogen (secondary N) is 1. The van der Waals surface area contributed by atoms with Gasteiger partial charge in [0.05, 0.1) is 5.56 Å². The molecule has 2 rings (SSSR count). The molecule has 0 saturated carbocycles. The first-order valence-corrected chi connectivity index (χ1v) is 4.99. The van der Waals surface area contributed by atoms with Gasteiger partial charge in [-0.2, -0.15) is 0 Å². The van der Waals surface area contributed by atoms with Crippen molar-refractivity contribution in [1.82, 2.24) is 10.3 Å². The molecule has 1 aliphatic rings. The fraction of sp³-hybridized carbons (Fsp3) is 0.400. The van der Waals surface area contributed by atoms with E-state index < -0.39 is 5.91 Å². The average molecular weight is 279 g/mol. The van der Waals surface area contributed by atoms with E-state index in [9.17, 15) is 4.79 Å². The molecule has 0 aromatic carbocycles. The summed E-state index contributed by atoms with van der Waals surface area (Å²) in [5.74, 6) is 0.281. The molecule has 1 saturated heterocycles. The van der Waals surface area contributed by atoms with Gasteiger partial charge < -0.3 is 16.0 Å². The number of hydrogen-bond donors (Lipinski definition) is 2. The molecule has 0 spiro atoms. The minimum Gasteiger partial charge on any atom is -0.365 e.